The first-order valence-electron chi connectivity index (χ1n) is 7.35. The van der Waals surface area contributed by atoms with E-state index in [1.165, 1.54) is 5.56 Å². The van der Waals surface area contributed by atoms with Gasteiger partial charge in [0.1, 0.15) is 17.4 Å². The van der Waals surface area contributed by atoms with Crippen molar-refractivity contribution in [1.29, 1.82) is 0 Å². The van der Waals surface area contributed by atoms with Gasteiger partial charge in [-0.2, -0.15) is 0 Å². The topological polar surface area (TPSA) is 37.4 Å². The van der Waals surface area contributed by atoms with Crippen LogP contribution in [0, 0.1) is 6.92 Å². The van der Waals surface area contributed by atoms with Gasteiger partial charge in [0.25, 0.3) is 0 Å². The zero-order valence-electron chi connectivity index (χ0n) is 13.2. The number of thiazole rings is 1. The molecular formula is C16H23Cl2N3OS. The summed E-state index contributed by atoms with van der Waals surface area (Å²) >= 11 is 1.68. The van der Waals surface area contributed by atoms with Crippen molar-refractivity contribution in [2.24, 2.45) is 0 Å². The average Bonchev–Trinajstić information content (AvgIpc) is 2.94. The lowest BCUT2D eigenvalue weighted by Gasteiger charge is -2.26. The van der Waals surface area contributed by atoms with Crippen molar-refractivity contribution in [1.82, 2.24) is 15.2 Å². The van der Waals surface area contributed by atoms with Gasteiger partial charge in [-0.15, -0.1) is 36.2 Å². The maximum absolute atomic E-state index is 5.80. The number of halogens is 2. The van der Waals surface area contributed by atoms with Crippen LogP contribution < -0.4 is 10.1 Å². The maximum Gasteiger partial charge on any atom is 0.140 e. The molecule has 1 fully saturated rings. The number of rotatable bonds is 5. The number of aryl methyl sites for hydroxylation is 1. The molecule has 1 aliphatic rings. The predicted octanol–water partition coefficient (Wildman–Crippen LogP) is 3.28. The van der Waals surface area contributed by atoms with Gasteiger partial charge in [-0.25, -0.2) is 4.98 Å². The third kappa shape index (κ3) is 6.28. The van der Waals surface area contributed by atoms with E-state index in [0.717, 1.165) is 49.2 Å². The molecule has 0 atom stereocenters. The third-order valence-corrected chi connectivity index (χ3v) is 4.42. The summed E-state index contributed by atoms with van der Waals surface area (Å²) in [4.78, 5) is 7.11. The van der Waals surface area contributed by atoms with E-state index >= 15 is 0 Å². The lowest BCUT2D eigenvalue weighted by atomic mass is 10.2. The summed E-state index contributed by atoms with van der Waals surface area (Å²) in [6.07, 6.45) is 0. The minimum atomic E-state index is 0. The van der Waals surface area contributed by atoms with E-state index in [1.807, 2.05) is 12.1 Å². The SMILES string of the molecule is Cc1cccc(OCc2nc(CN3CCNCC3)cs2)c1.Cl.Cl. The molecule has 2 heterocycles. The van der Waals surface area contributed by atoms with Crippen molar-refractivity contribution in [2.45, 2.75) is 20.1 Å². The summed E-state index contributed by atoms with van der Waals surface area (Å²) in [5.74, 6) is 0.911. The first kappa shape index (κ1) is 20.2. The molecule has 1 saturated heterocycles. The second-order valence-corrected chi connectivity index (χ2v) is 6.31. The summed E-state index contributed by atoms with van der Waals surface area (Å²) in [7, 11) is 0. The Balaban J connectivity index is 0.00000132. The van der Waals surface area contributed by atoms with E-state index in [-0.39, 0.29) is 24.8 Å². The standard InChI is InChI=1S/C16H21N3OS.2ClH/c1-13-3-2-4-15(9-13)20-11-16-18-14(12-21-16)10-19-7-5-17-6-8-19;;/h2-4,9,12,17H,5-8,10-11H2,1H3;2*1H. The zero-order chi connectivity index (χ0) is 14.5. The van der Waals surface area contributed by atoms with Gasteiger partial charge in [0, 0.05) is 38.1 Å². The number of hydrogen-bond donors (Lipinski definition) is 1. The Bertz CT molecular complexity index is 588. The Kier molecular flexibility index (Phi) is 8.87. The van der Waals surface area contributed by atoms with Crippen molar-refractivity contribution < 1.29 is 4.74 Å². The number of nitrogens with zero attached hydrogens (tertiary/aromatic N) is 2. The lowest BCUT2D eigenvalue weighted by molar-refractivity contribution is 0.230. The van der Waals surface area contributed by atoms with Crippen LogP contribution in [0.25, 0.3) is 0 Å². The first-order valence-corrected chi connectivity index (χ1v) is 8.23. The maximum atomic E-state index is 5.80. The highest BCUT2D eigenvalue weighted by molar-refractivity contribution is 7.09. The zero-order valence-corrected chi connectivity index (χ0v) is 15.6. The molecule has 0 bridgehead atoms. The quantitative estimate of drug-likeness (QED) is 0.869. The molecule has 2 aromatic rings. The number of aromatic nitrogens is 1. The van der Waals surface area contributed by atoms with E-state index in [9.17, 15) is 0 Å². The molecule has 4 nitrogen and oxygen atoms in total. The Hall–Kier alpha value is -0.850. The molecule has 23 heavy (non-hydrogen) atoms. The predicted molar refractivity (Wildman–Crippen MR) is 100 cm³/mol. The molecule has 0 radical (unpaired) electrons. The summed E-state index contributed by atoms with van der Waals surface area (Å²) in [5, 5.41) is 6.56. The Labute approximate surface area is 154 Å². The molecule has 0 aliphatic carbocycles. The van der Waals surface area contributed by atoms with Gasteiger partial charge in [-0.1, -0.05) is 12.1 Å². The van der Waals surface area contributed by atoms with Crippen LogP contribution in [0.4, 0.5) is 0 Å². The number of nitrogens with one attached hydrogen (secondary N) is 1. The Morgan fingerprint density at radius 3 is 2.78 bits per heavy atom. The van der Waals surface area contributed by atoms with Crippen LogP contribution in [-0.4, -0.2) is 36.1 Å². The fraction of sp³-hybridized carbons (Fsp3) is 0.438. The minimum absolute atomic E-state index is 0. The van der Waals surface area contributed by atoms with Crippen molar-refractivity contribution in [3.63, 3.8) is 0 Å². The van der Waals surface area contributed by atoms with Crippen LogP contribution in [0.15, 0.2) is 29.6 Å². The van der Waals surface area contributed by atoms with Gasteiger partial charge in [0.05, 0.1) is 5.69 Å². The molecule has 1 aromatic carbocycles. The molecule has 128 valence electrons. The fourth-order valence-electron chi connectivity index (χ4n) is 2.44. The van der Waals surface area contributed by atoms with Crippen LogP contribution in [0.2, 0.25) is 0 Å². The third-order valence-electron chi connectivity index (χ3n) is 3.55. The van der Waals surface area contributed by atoms with E-state index in [0.29, 0.717) is 6.61 Å². The van der Waals surface area contributed by atoms with Gasteiger partial charge < -0.3 is 10.1 Å². The first-order chi connectivity index (χ1) is 10.3. The summed E-state index contributed by atoms with van der Waals surface area (Å²) < 4.78 is 5.80. The highest BCUT2D eigenvalue weighted by atomic mass is 35.5. The monoisotopic (exact) mass is 375 g/mol. The van der Waals surface area contributed by atoms with Crippen LogP contribution in [0.5, 0.6) is 5.75 Å². The normalized spacial score (nSPS) is 14.7. The van der Waals surface area contributed by atoms with Gasteiger partial charge in [-0.3, -0.25) is 4.90 Å². The van der Waals surface area contributed by atoms with Crippen LogP contribution in [-0.2, 0) is 13.2 Å². The average molecular weight is 376 g/mol. The lowest BCUT2D eigenvalue weighted by Crippen LogP contribution is -2.42. The fourth-order valence-corrected chi connectivity index (χ4v) is 3.13. The van der Waals surface area contributed by atoms with Gasteiger partial charge >= 0.3 is 0 Å². The molecule has 0 unspecified atom stereocenters. The number of benzene rings is 1. The molecular weight excluding hydrogens is 353 g/mol. The Morgan fingerprint density at radius 2 is 2.04 bits per heavy atom. The summed E-state index contributed by atoms with van der Waals surface area (Å²) in [6, 6.07) is 8.13. The summed E-state index contributed by atoms with van der Waals surface area (Å²) in [6.45, 7) is 7.93. The van der Waals surface area contributed by atoms with E-state index < -0.39 is 0 Å². The van der Waals surface area contributed by atoms with Crippen molar-refractivity contribution in [3.8, 4) is 5.75 Å². The molecule has 1 aliphatic heterocycles. The minimum Gasteiger partial charge on any atom is -0.486 e. The highest BCUT2D eigenvalue weighted by Crippen LogP contribution is 2.17. The second kappa shape index (κ2) is 10.1. The van der Waals surface area contributed by atoms with Crippen LogP contribution >= 0.6 is 36.2 Å². The molecule has 1 N–H and O–H groups in total. The summed E-state index contributed by atoms with van der Waals surface area (Å²) in [5.41, 5.74) is 2.37. The largest absolute Gasteiger partial charge is 0.486 e. The van der Waals surface area contributed by atoms with E-state index in [1.54, 1.807) is 11.3 Å². The van der Waals surface area contributed by atoms with Crippen LogP contribution in [0.1, 0.15) is 16.3 Å². The van der Waals surface area contributed by atoms with E-state index in [2.05, 4.69) is 39.6 Å². The van der Waals surface area contributed by atoms with Crippen molar-refractivity contribution in [2.75, 3.05) is 26.2 Å². The second-order valence-electron chi connectivity index (χ2n) is 5.36. The molecule has 0 amide bonds. The highest BCUT2D eigenvalue weighted by Gasteiger charge is 2.12. The molecule has 3 rings (SSSR count). The number of piperazine rings is 1. The van der Waals surface area contributed by atoms with Gasteiger partial charge in [0.2, 0.25) is 0 Å². The molecule has 7 heteroatoms. The van der Waals surface area contributed by atoms with Crippen molar-refractivity contribution >= 4 is 36.2 Å². The molecule has 1 aromatic heterocycles. The van der Waals surface area contributed by atoms with Gasteiger partial charge in [0.15, 0.2) is 0 Å². The molecule has 0 spiro atoms. The van der Waals surface area contributed by atoms with Crippen LogP contribution in [0.3, 0.4) is 0 Å². The Morgan fingerprint density at radius 1 is 1.26 bits per heavy atom. The smallest absolute Gasteiger partial charge is 0.140 e. The molecule has 0 saturated carbocycles. The van der Waals surface area contributed by atoms with Gasteiger partial charge in [-0.05, 0) is 24.6 Å². The van der Waals surface area contributed by atoms with E-state index in [4.69, 9.17) is 4.74 Å². The van der Waals surface area contributed by atoms with Crippen molar-refractivity contribution in [3.05, 3.63) is 45.9 Å². The number of hydrogen-bond acceptors (Lipinski definition) is 5. The number of ether oxygens (including phenoxy) is 1.